The monoisotopic (exact) mass is 237 g/mol. The van der Waals surface area contributed by atoms with E-state index < -0.39 is 0 Å². The van der Waals surface area contributed by atoms with Crippen LogP contribution in [0.15, 0.2) is 29.3 Å². The highest BCUT2D eigenvalue weighted by Crippen LogP contribution is 2.19. The van der Waals surface area contributed by atoms with Gasteiger partial charge in [0.25, 0.3) is 5.90 Å². The average Bonchev–Trinajstić information content (AvgIpc) is 2.59. The van der Waals surface area contributed by atoms with Gasteiger partial charge in [-0.15, -0.1) is 0 Å². The lowest BCUT2D eigenvalue weighted by Crippen LogP contribution is -2.17. The first kappa shape index (κ1) is 11.1. The third-order valence-corrected chi connectivity index (χ3v) is 2.52. The summed E-state index contributed by atoms with van der Waals surface area (Å²) < 4.78 is 5.28. The molecule has 1 heterocycles. The number of halogens is 1. The molecule has 0 amide bonds. The summed E-state index contributed by atoms with van der Waals surface area (Å²) in [6.07, 6.45) is 0. The second-order valence-electron chi connectivity index (χ2n) is 4.35. The lowest BCUT2D eigenvalue weighted by Gasteiger charge is -2.07. The normalized spacial score (nSPS) is 17.8. The van der Waals surface area contributed by atoms with E-state index in [9.17, 15) is 4.79 Å². The van der Waals surface area contributed by atoms with Crippen LogP contribution in [0.25, 0.3) is 0 Å². The minimum atomic E-state index is -0.308. The number of carbonyl (C=O) groups excluding carboxylic acids is 1. The van der Waals surface area contributed by atoms with Crippen molar-refractivity contribution in [2.75, 3.05) is 6.61 Å². The number of aliphatic imine (C=N–C) groups is 1. The molecule has 0 fully saturated rings. The summed E-state index contributed by atoms with van der Waals surface area (Å²) >= 11 is 5.75. The first-order valence-corrected chi connectivity index (χ1v) is 5.39. The molecule has 1 aromatic rings. The molecule has 1 aliphatic heterocycles. The number of rotatable bonds is 2. The fourth-order valence-corrected chi connectivity index (χ4v) is 1.55. The molecule has 0 saturated heterocycles. The molecule has 0 unspecified atom stereocenters. The molecule has 0 spiro atoms. The Kier molecular flexibility index (Phi) is 2.72. The number of benzene rings is 1. The first-order chi connectivity index (χ1) is 7.48. The maximum absolute atomic E-state index is 11.9. The largest absolute Gasteiger partial charge is 0.473 e. The van der Waals surface area contributed by atoms with E-state index in [1.54, 1.807) is 24.3 Å². The van der Waals surface area contributed by atoms with Crippen molar-refractivity contribution in [3.8, 4) is 0 Å². The van der Waals surface area contributed by atoms with Crippen LogP contribution >= 0.6 is 11.6 Å². The molecule has 0 aliphatic carbocycles. The number of hydrogen-bond donors (Lipinski definition) is 0. The fourth-order valence-electron chi connectivity index (χ4n) is 1.43. The van der Waals surface area contributed by atoms with Gasteiger partial charge in [0, 0.05) is 10.6 Å². The fraction of sp³-hybridized carbons (Fsp3) is 0.333. The van der Waals surface area contributed by atoms with Crippen molar-refractivity contribution in [2.24, 2.45) is 4.99 Å². The van der Waals surface area contributed by atoms with E-state index >= 15 is 0 Å². The van der Waals surface area contributed by atoms with E-state index in [1.165, 1.54) is 0 Å². The SMILES string of the molecule is CC1(C)COC(C(=O)c2ccc(Cl)cc2)=N1. The molecular formula is C12H12ClNO2. The quantitative estimate of drug-likeness (QED) is 0.742. The molecule has 1 aliphatic rings. The molecule has 0 radical (unpaired) electrons. The van der Waals surface area contributed by atoms with Gasteiger partial charge < -0.3 is 4.74 Å². The lowest BCUT2D eigenvalue weighted by molar-refractivity contribution is 0.103. The molecular weight excluding hydrogens is 226 g/mol. The molecule has 4 heteroatoms. The Bertz CT molecular complexity index is 449. The van der Waals surface area contributed by atoms with Crippen LogP contribution in [0.5, 0.6) is 0 Å². The van der Waals surface area contributed by atoms with E-state index in [0.29, 0.717) is 17.2 Å². The number of nitrogens with zero attached hydrogens (tertiary/aromatic N) is 1. The Hall–Kier alpha value is -1.35. The molecule has 3 nitrogen and oxygen atoms in total. The first-order valence-electron chi connectivity index (χ1n) is 5.01. The summed E-state index contributed by atoms with van der Waals surface area (Å²) in [7, 11) is 0. The Morgan fingerprint density at radius 2 is 2.00 bits per heavy atom. The Morgan fingerprint density at radius 1 is 1.38 bits per heavy atom. The van der Waals surface area contributed by atoms with Gasteiger partial charge in [0.15, 0.2) is 0 Å². The van der Waals surface area contributed by atoms with Crippen LogP contribution in [0.2, 0.25) is 5.02 Å². The van der Waals surface area contributed by atoms with Gasteiger partial charge in [0.2, 0.25) is 5.78 Å². The van der Waals surface area contributed by atoms with Crippen molar-refractivity contribution in [3.63, 3.8) is 0 Å². The van der Waals surface area contributed by atoms with Crippen molar-refractivity contribution >= 4 is 23.3 Å². The van der Waals surface area contributed by atoms with Crippen LogP contribution in [-0.4, -0.2) is 23.8 Å². The smallest absolute Gasteiger partial charge is 0.259 e. The highest BCUT2D eigenvalue weighted by Gasteiger charge is 2.30. The number of ketones is 1. The molecule has 2 rings (SSSR count). The summed E-state index contributed by atoms with van der Waals surface area (Å²) in [5, 5.41) is 0.603. The van der Waals surface area contributed by atoms with Gasteiger partial charge >= 0.3 is 0 Å². The molecule has 0 atom stereocenters. The molecule has 0 saturated carbocycles. The van der Waals surface area contributed by atoms with Crippen LogP contribution in [0.3, 0.4) is 0 Å². The molecule has 0 N–H and O–H groups in total. The summed E-state index contributed by atoms with van der Waals surface area (Å²) in [4.78, 5) is 16.2. The van der Waals surface area contributed by atoms with Crippen molar-refractivity contribution in [1.82, 2.24) is 0 Å². The van der Waals surface area contributed by atoms with E-state index in [0.717, 1.165) is 0 Å². The summed E-state index contributed by atoms with van der Waals surface area (Å²) in [5.41, 5.74) is 0.234. The predicted molar refractivity (Wildman–Crippen MR) is 63.2 cm³/mol. The topological polar surface area (TPSA) is 38.7 Å². The Morgan fingerprint density at radius 3 is 2.50 bits per heavy atom. The summed E-state index contributed by atoms with van der Waals surface area (Å²) in [6.45, 7) is 4.30. The lowest BCUT2D eigenvalue weighted by atomic mass is 10.1. The third-order valence-electron chi connectivity index (χ3n) is 2.27. The molecule has 1 aromatic carbocycles. The van der Waals surface area contributed by atoms with Gasteiger partial charge in [-0.25, -0.2) is 4.99 Å². The van der Waals surface area contributed by atoms with Crippen LogP contribution < -0.4 is 0 Å². The highest BCUT2D eigenvalue weighted by atomic mass is 35.5. The van der Waals surface area contributed by atoms with Gasteiger partial charge in [0.1, 0.15) is 6.61 Å². The maximum Gasteiger partial charge on any atom is 0.259 e. The van der Waals surface area contributed by atoms with Gasteiger partial charge in [-0.1, -0.05) is 11.6 Å². The van der Waals surface area contributed by atoms with E-state index in [2.05, 4.69) is 4.99 Å². The van der Waals surface area contributed by atoms with Crippen LogP contribution in [0.1, 0.15) is 24.2 Å². The van der Waals surface area contributed by atoms with Crippen molar-refractivity contribution in [1.29, 1.82) is 0 Å². The zero-order valence-corrected chi connectivity index (χ0v) is 9.91. The Balaban J connectivity index is 2.24. The second kappa shape index (κ2) is 3.91. The van der Waals surface area contributed by atoms with Crippen LogP contribution in [0, 0.1) is 0 Å². The minimum Gasteiger partial charge on any atom is -0.473 e. The van der Waals surface area contributed by atoms with E-state index in [-0.39, 0.29) is 17.2 Å². The van der Waals surface area contributed by atoms with Gasteiger partial charge in [-0.2, -0.15) is 0 Å². The number of hydrogen-bond acceptors (Lipinski definition) is 3. The summed E-state index contributed by atoms with van der Waals surface area (Å²) in [6, 6.07) is 6.69. The summed E-state index contributed by atoms with van der Waals surface area (Å²) in [5.74, 6) is -0.00503. The zero-order chi connectivity index (χ0) is 11.8. The van der Waals surface area contributed by atoms with Crippen molar-refractivity contribution in [3.05, 3.63) is 34.9 Å². The second-order valence-corrected chi connectivity index (χ2v) is 4.79. The van der Waals surface area contributed by atoms with Crippen LogP contribution in [-0.2, 0) is 4.74 Å². The van der Waals surface area contributed by atoms with Gasteiger partial charge in [0.05, 0.1) is 5.54 Å². The predicted octanol–water partition coefficient (Wildman–Crippen LogP) is 2.73. The molecule has 0 aromatic heterocycles. The minimum absolute atomic E-state index is 0.187. The number of carbonyl (C=O) groups is 1. The highest BCUT2D eigenvalue weighted by molar-refractivity contribution is 6.43. The molecule has 16 heavy (non-hydrogen) atoms. The van der Waals surface area contributed by atoms with E-state index in [1.807, 2.05) is 13.8 Å². The van der Waals surface area contributed by atoms with Gasteiger partial charge in [-0.05, 0) is 38.1 Å². The zero-order valence-electron chi connectivity index (χ0n) is 9.16. The third kappa shape index (κ3) is 2.25. The van der Waals surface area contributed by atoms with Crippen molar-refractivity contribution < 1.29 is 9.53 Å². The standard InChI is InChI=1S/C12H12ClNO2/c1-12(2)7-16-11(14-12)10(15)8-3-5-9(13)6-4-8/h3-6H,7H2,1-2H3. The maximum atomic E-state index is 11.9. The molecule has 0 bridgehead atoms. The Labute approximate surface area is 99.1 Å². The van der Waals surface area contributed by atoms with Crippen molar-refractivity contribution in [2.45, 2.75) is 19.4 Å². The van der Waals surface area contributed by atoms with Gasteiger partial charge in [-0.3, -0.25) is 4.79 Å². The van der Waals surface area contributed by atoms with Crippen LogP contribution in [0.4, 0.5) is 0 Å². The number of Topliss-reactive ketones (excluding diaryl/α,β-unsaturated/α-hetero) is 1. The molecule has 84 valence electrons. The van der Waals surface area contributed by atoms with E-state index in [4.69, 9.17) is 16.3 Å². The average molecular weight is 238 g/mol. The number of ether oxygens (including phenoxy) is 1.